The number of nitrogens with two attached hydrogens (primary N) is 2. The van der Waals surface area contributed by atoms with E-state index in [9.17, 15) is 4.79 Å². The van der Waals surface area contributed by atoms with E-state index in [1.165, 1.54) is 6.07 Å². The lowest BCUT2D eigenvalue weighted by atomic mass is 10.0. The third-order valence-corrected chi connectivity index (χ3v) is 2.17. The van der Waals surface area contributed by atoms with E-state index in [0.717, 1.165) is 12.0 Å². The van der Waals surface area contributed by atoms with Crippen LogP contribution in [0.4, 0.5) is 5.69 Å². The number of hydrogen-bond acceptors (Lipinski definition) is 3. The molecule has 0 bridgehead atoms. The highest BCUT2D eigenvalue weighted by molar-refractivity contribution is 5.93. The van der Waals surface area contributed by atoms with Gasteiger partial charge in [0.05, 0.1) is 5.56 Å². The average Bonchev–Trinajstić information content (AvgIpc) is 2.15. The van der Waals surface area contributed by atoms with Crippen LogP contribution < -0.4 is 11.5 Å². The van der Waals surface area contributed by atoms with Crippen LogP contribution in [-0.2, 0) is 0 Å². The molecule has 0 unspecified atom stereocenters. The zero-order valence-corrected chi connectivity index (χ0v) is 8.03. The van der Waals surface area contributed by atoms with E-state index in [4.69, 9.17) is 16.6 Å². The van der Waals surface area contributed by atoms with Crippen LogP contribution in [0.5, 0.6) is 0 Å². The molecule has 1 rings (SSSR count). The summed E-state index contributed by atoms with van der Waals surface area (Å²) in [5, 5.41) is 8.74. The third-order valence-electron chi connectivity index (χ3n) is 2.17. The second-order valence-corrected chi connectivity index (χ2v) is 3.17. The summed E-state index contributed by atoms with van der Waals surface area (Å²) in [5.41, 5.74) is 12.6. The van der Waals surface area contributed by atoms with Crippen molar-refractivity contribution in [1.29, 1.82) is 0 Å². The number of carbonyl (C=O) groups is 1. The standard InChI is InChI=1S/C10H14N2O2/c1-2-8(11)6-3-4-7(10(13)14)9(12)5-6/h3-5,8H,2,11-12H2,1H3,(H,13,14)/t8-/m1/s1. The monoisotopic (exact) mass is 194 g/mol. The number of anilines is 1. The lowest BCUT2D eigenvalue weighted by molar-refractivity contribution is 0.0698. The first-order valence-corrected chi connectivity index (χ1v) is 4.44. The van der Waals surface area contributed by atoms with E-state index in [2.05, 4.69) is 0 Å². The summed E-state index contributed by atoms with van der Waals surface area (Å²) >= 11 is 0. The van der Waals surface area contributed by atoms with Gasteiger partial charge in [0, 0.05) is 11.7 Å². The molecule has 0 radical (unpaired) electrons. The first kappa shape index (κ1) is 10.5. The first-order chi connectivity index (χ1) is 6.56. The molecule has 5 N–H and O–H groups in total. The van der Waals surface area contributed by atoms with Gasteiger partial charge in [-0.05, 0) is 24.1 Å². The summed E-state index contributed by atoms with van der Waals surface area (Å²) in [5.74, 6) is -1.01. The Kier molecular flexibility index (Phi) is 3.09. The predicted molar refractivity (Wildman–Crippen MR) is 55.0 cm³/mol. The number of hydrogen-bond donors (Lipinski definition) is 3. The van der Waals surface area contributed by atoms with E-state index in [1.807, 2.05) is 6.92 Å². The topological polar surface area (TPSA) is 89.3 Å². The van der Waals surface area contributed by atoms with E-state index in [1.54, 1.807) is 12.1 Å². The van der Waals surface area contributed by atoms with E-state index in [0.29, 0.717) is 0 Å². The summed E-state index contributed by atoms with van der Waals surface area (Å²) in [6, 6.07) is 4.73. The summed E-state index contributed by atoms with van der Waals surface area (Å²) in [7, 11) is 0. The number of carboxylic acids is 1. The molecule has 0 aliphatic carbocycles. The highest BCUT2D eigenvalue weighted by Crippen LogP contribution is 2.19. The Morgan fingerprint density at radius 2 is 2.21 bits per heavy atom. The van der Waals surface area contributed by atoms with E-state index in [-0.39, 0.29) is 17.3 Å². The van der Waals surface area contributed by atoms with Gasteiger partial charge in [0.2, 0.25) is 0 Å². The maximum Gasteiger partial charge on any atom is 0.337 e. The lowest BCUT2D eigenvalue weighted by Crippen LogP contribution is -2.10. The van der Waals surface area contributed by atoms with Gasteiger partial charge >= 0.3 is 5.97 Å². The highest BCUT2D eigenvalue weighted by Gasteiger charge is 2.10. The molecular weight excluding hydrogens is 180 g/mol. The van der Waals surface area contributed by atoms with Crippen LogP contribution in [-0.4, -0.2) is 11.1 Å². The molecule has 0 spiro atoms. The second-order valence-electron chi connectivity index (χ2n) is 3.17. The Balaban J connectivity index is 3.06. The second kappa shape index (κ2) is 4.11. The van der Waals surface area contributed by atoms with Crippen molar-refractivity contribution >= 4 is 11.7 Å². The molecule has 4 nitrogen and oxygen atoms in total. The van der Waals surface area contributed by atoms with Gasteiger partial charge in [-0.1, -0.05) is 13.0 Å². The van der Waals surface area contributed by atoms with Gasteiger partial charge < -0.3 is 16.6 Å². The summed E-state index contributed by atoms with van der Waals surface area (Å²) in [4.78, 5) is 10.7. The van der Waals surface area contributed by atoms with Gasteiger partial charge in [-0.3, -0.25) is 0 Å². The van der Waals surface area contributed by atoms with Crippen LogP contribution in [0.15, 0.2) is 18.2 Å². The van der Waals surface area contributed by atoms with Crippen molar-refractivity contribution in [2.45, 2.75) is 19.4 Å². The van der Waals surface area contributed by atoms with Crippen LogP contribution in [0, 0.1) is 0 Å². The number of aromatic carboxylic acids is 1. The van der Waals surface area contributed by atoms with Crippen LogP contribution in [0.1, 0.15) is 35.3 Å². The number of benzene rings is 1. The van der Waals surface area contributed by atoms with Gasteiger partial charge in [0.15, 0.2) is 0 Å². The number of carboxylic acid groups (broad SMARTS) is 1. The fraction of sp³-hybridized carbons (Fsp3) is 0.300. The minimum absolute atomic E-state index is 0.0832. The van der Waals surface area contributed by atoms with Crippen molar-refractivity contribution in [1.82, 2.24) is 0 Å². The van der Waals surface area contributed by atoms with Crippen molar-refractivity contribution in [2.75, 3.05) is 5.73 Å². The molecule has 0 aromatic heterocycles. The lowest BCUT2D eigenvalue weighted by Gasteiger charge is -2.10. The third kappa shape index (κ3) is 2.03. The van der Waals surface area contributed by atoms with Crippen molar-refractivity contribution in [2.24, 2.45) is 5.73 Å². The van der Waals surface area contributed by atoms with Crippen LogP contribution in [0.2, 0.25) is 0 Å². The smallest absolute Gasteiger partial charge is 0.337 e. The number of rotatable bonds is 3. The molecule has 1 atom stereocenters. The molecule has 0 aliphatic rings. The van der Waals surface area contributed by atoms with Gasteiger partial charge in [-0.15, -0.1) is 0 Å². The molecule has 0 aliphatic heterocycles. The zero-order chi connectivity index (χ0) is 10.7. The van der Waals surface area contributed by atoms with Crippen molar-refractivity contribution in [3.8, 4) is 0 Å². The minimum Gasteiger partial charge on any atom is -0.478 e. The van der Waals surface area contributed by atoms with E-state index >= 15 is 0 Å². The molecule has 14 heavy (non-hydrogen) atoms. The molecular formula is C10H14N2O2. The average molecular weight is 194 g/mol. The van der Waals surface area contributed by atoms with Gasteiger partial charge in [-0.25, -0.2) is 4.79 Å². The number of nitrogen functional groups attached to an aromatic ring is 1. The highest BCUT2D eigenvalue weighted by atomic mass is 16.4. The maximum atomic E-state index is 10.7. The Morgan fingerprint density at radius 1 is 1.57 bits per heavy atom. The largest absolute Gasteiger partial charge is 0.478 e. The molecule has 1 aromatic carbocycles. The van der Waals surface area contributed by atoms with Crippen molar-refractivity contribution in [3.05, 3.63) is 29.3 Å². The Hall–Kier alpha value is -1.55. The quantitative estimate of drug-likeness (QED) is 0.634. The Labute approximate surface area is 82.5 Å². The van der Waals surface area contributed by atoms with E-state index < -0.39 is 5.97 Å². The molecule has 0 saturated heterocycles. The Bertz CT molecular complexity index is 350. The zero-order valence-electron chi connectivity index (χ0n) is 8.03. The molecule has 0 saturated carbocycles. The molecule has 0 amide bonds. The molecule has 1 aromatic rings. The van der Waals surface area contributed by atoms with Gasteiger partial charge in [0.1, 0.15) is 0 Å². The van der Waals surface area contributed by atoms with Gasteiger partial charge in [-0.2, -0.15) is 0 Å². The fourth-order valence-electron chi connectivity index (χ4n) is 1.24. The normalized spacial score (nSPS) is 12.4. The van der Waals surface area contributed by atoms with Crippen LogP contribution in [0.3, 0.4) is 0 Å². The molecule has 0 fully saturated rings. The predicted octanol–water partition coefficient (Wildman–Crippen LogP) is 1.38. The summed E-state index contributed by atoms with van der Waals surface area (Å²) < 4.78 is 0. The maximum absolute atomic E-state index is 10.7. The fourth-order valence-corrected chi connectivity index (χ4v) is 1.24. The Morgan fingerprint density at radius 3 is 2.64 bits per heavy atom. The molecule has 4 heteroatoms. The molecule has 0 heterocycles. The van der Waals surface area contributed by atoms with Gasteiger partial charge in [0.25, 0.3) is 0 Å². The SMILES string of the molecule is CC[C@@H](N)c1ccc(C(=O)O)c(N)c1. The summed E-state index contributed by atoms with van der Waals surface area (Å²) in [6.45, 7) is 1.96. The first-order valence-electron chi connectivity index (χ1n) is 4.44. The van der Waals surface area contributed by atoms with Crippen LogP contribution in [0.25, 0.3) is 0 Å². The van der Waals surface area contributed by atoms with Crippen LogP contribution >= 0.6 is 0 Å². The van der Waals surface area contributed by atoms with Crippen molar-refractivity contribution < 1.29 is 9.90 Å². The summed E-state index contributed by atoms with van der Waals surface area (Å²) in [6.07, 6.45) is 0.797. The molecule has 76 valence electrons. The minimum atomic E-state index is -1.01. The van der Waals surface area contributed by atoms with Crippen molar-refractivity contribution in [3.63, 3.8) is 0 Å².